The Morgan fingerprint density at radius 3 is 2.44 bits per heavy atom. The molecule has 2 aromatic heterocycles. The van der Waals surface area contributed by atoms with E-state index in [0.29, 0.717) is 5.69 Å². The summed E-state index contributed by atoms with van der Waals surface area (Å²) in [4.78, 5) is 16.5. The maximum atomic E-state index is 12.3. The van der Waals surface area contributed by atoms with E-state index >= 15 is 0 Å². The summed E-state index contributed by atoms with van der Waals surface area (Å²) in [5, 5.41) is 4.11. The third-order valence-electron chi connectivity index (χ3n) is 3.27. The van der Waals surface area contributed by atoms with Gasteiger partial charge in [0, 0.05) is 11.8 Å². The van der Waals surface area contributed by atoms with E-state index in [2.05, 4.69) is 10.1 Å². The SMILES string of the molecule is CC.CC(C)(C)n1ncc(OCc2ccc(COCCF)nc2)c(Cl)c1=O. The molecule has 0 spiro atoms. The Bertz CT molecular complexity index is 758. The molecule has 0 fully saturated rings. The lowest BCUT2D eigenvalue weighted by molar-refractivity contribution is 0.104. The van der Waals surface area contributed by atoms with Crippen LogP contribution in [0.4, 0.5) is 4.39 Å². The van der Waals surface area contributed by atoms with Crippen LogP contribution in [0.15, 0.2) is 29.3 Å². The Labute approximate surface area is 164 Å². The smallest absolute Gasteiger partial charge is 0.289 e. The first-order chi connectivity index (χ1) is 12.8. The van der Waals surface area contributed by atoms with E-state index in [0.717, 1.165) is 5.56 Å². The van der Waals surface area contributed by atoms with E-state index in [1.54, 1.807) is 12.3 Å². The molecule has 0 atom stereocenters. The van der Waals surface area contributed by atoms with E-state index in [1.807, 2.05) is 40.7 Å². The van der Waals surface area contributed by atoms with Crippen LogP contribution in [-0.2, 0) is 23.5 Å². The van der Waals surface area contributed by atoms with Gasteiger partial charge < -0.3 is 9.47 Å². The summed E-state index contributed by atoms with van der Waals surface area (Å²) >= 11 is 6.11. The first kappa shape index (κ1) is 23.0. The summed E-state index contributed by atoms with van der Waals surface area (Å²) in [5.74, 6) is 0.225. The molecule has 27 heavy (non-hydrogen) atoms. The monoisotopic (exact) mass is 399 g/mol. The van der Waals surface area contributed by atoms with Crippen LogP contribution in [0.2, 0.25) is 5.02 Å². The highest BCUT2D eigenvalue weighted by molar-refractivity contribution is 6.31. The van der Waals surface area contributed by atoms with E-state index in [-0.39, 0.29) is 30.6 Å². The number of ether oxygens (including phenoxy) is 2. The molecule has 8 heteroatoms. The Kier molecular flexibility index (Phi) is 9.38. The Balaban J connectivity index is 0.00000176. The van der Waals surface area contributed by atoms with Crippen molar-refractivity contribution in [1.82, 2.24) is 14.8 Å². The predicted molar refractivity (Wildman–Crippen MR) is 104 cm³/mol. The molecular weight excluding hydrogens is 373 g/mol. The Morgan fingerprint density at radius 1 is 1.19 bits per heavy atom. The zero-order valence-electron chi connectivity index (χ0n) is 16.5. The average molecular weight is 400 g/mol. The van der Waals surface area contributed by atoms with Gasteiger partial charge in [0.05, 0.1) is 30.6 Å². The summed E-state index contributed by atoms with van der Waals surface area (Å²) < 4.78 is 23.9. The summed E-state index contributed by atoms with van der Waals surface area (Å²) in [6.45, 7) is 9.58. The van der Waals surface area contributed by atoms with E-state index in [9.17, 15) is 9.18 Å². The maximum absolute atomic E-state index is 12.3. The van der Waals surface area contributed by atoms with Gasteiger partial charge in [-0.15, -0.1) is 0 Å². The van der Waals surface area contributed by atoms with Gasteiger partial charge in [-0.05, 0) is 26.8 Å². The van der Waals surface area contributed by atoms with Crippen LogP contribution < -0.4 is 10.3 Å². The van der Waals surface area contributed by atoms with Crippen molar-refractivity contribution in [2.24, 2.45) is 0 Å². The number of rotatable bonds is 7. The van der Waals surface area contributed by atoms with Gasteiger partial charge in [0.1, 0.15) is 13.3 Å². The first-order valence-corrected chi connectivity index (χ1v) is 9.19. The van der Waals surface area contributed by atoms with Gasteiger partial charge in [-0.1, -0.05) is 31.5 Å². The quantitative estimate of drug-likeness (QED) is 0.654. The summed E-state index contributed by atoms with van der Waals surface area (Å²) in [5.41, 5.74) is 0.628. The highest BCUT2D eigenvalue weighted by atomic mass is 35.5. The Hall–Kier alpha value is -1.99. The Morgan fingerprint density at radius 2 is 1.89 bits per heavy atom. The molecule has 2 rings (SSSR count). The topological polar surface area (TPSA) is 66.2 Å². The fourth-order valence-corrected chi connectivity index (χ4v) is 2.20. The molecule has 0 N–H and O–H groups in total. The van der Waals surface area contributed by atoms with Gasteiger partial charge in [-0.2, -0.15) is 5.10 Å². The second-order valence-corrected chi connectivity index (χ2v) is 6.78. The molecule has 2 aromatic rings. The second kappa shape index (κ2) is 11.0. The molecular formula is C19H27ClFN3O3. The van der Waals surface area contributed by atoms with Gasteiger partial charge in [0.25, 0.3) is 5.56 Å². The minimum atomic E-state index is -0.519. The zero-order chi connectivity index (χ0) is 20.4. The first-order valence-electron chi connectivity index (χ1n) is 8.81. The minimum absolute atomic E-state index is 0.00544. The van der Waals surface area contributed by atoms with Crippen molar-refractivity contribution < 1.29 is 13.9 Å². The van der Waals surface area contributed by atoms with Crippen molar-refractivity contribution in [2.45, 2.75) is 53.4 Å². The summed E-state index contributed by atoms with van der Waals surface area (Å²) in [6, 6.07) is 3.59. The van der Waals surface area contributed by atoms with Crippen molar-refractivity contribution in [2.75, 3.05) is 13.3 Å². The third kappa shape index (κ3) is 6.92. The minimum Gasteiger partial charge on any atom is -0.485 e. The number of halogens is 2. The van der Waals surface area contributed by atoms with Crippen LogP contribution >= 0.6 is 11.6 Å². The van der Waals surface area contributed by atoms with Crippen LogP contribution in [0.3, 0.4) is 0 Å². The molecule has 0 aliphatic heterocycles. The summed E-state index contributed by atoms with van der Waals surface area (Å²) in [7, 11) is 0. The average Bonchev–Trinajstić information content (AvgIpc) is 2.65. The third-order valence-corrected chi connectivity index (χ3v) is 3.62. The molecule has 0 amide bonds. The lowest BCUT2D eigenvalue weighted by Crippen LogP contribution is -2.36. The van der Waals surface area contributed by atoms with E-state index < -0.39 is 17.8 Å². The lowest BCUT2D eigenvalue weighted by atomic mass is 10.1. The van der Waals surface area contributed by atoms with Gasteiger partial charge in [-0.3, -0.25) is 9.78 Å². The van der Waals surface area contributed by atoms with Crippen LogP contribution in [0.5, 0.6) is 5.75 Å². The molecule has 0 radical (unpaired) electrons. The molecule has 0 aromatic carbocycles. The predicted octanol–water partition coefficient (Wildman–Crippen LogP) is 4.14. The van der Waals surface area contributed by atoms with Crippen molar-refractivity contribution in [1.29, 1.82) is 0 Å². The number of alkyl halides is 1. The molecule has 0 aliphatic rings. The fourth-order valence-electron chi connectivity index (χ4n) is 2.01. The normalized spacial score (nSPS) is 10.9. The van der Waals surface area contributed by atoms with E-state index in [4.69, 9.17) is 21.1 Å². The maximum Gasteiger partial charge on any atom is 0.289 e. The van der Waals surface area contributed by atoms with Gasteiger partial charge in [0.2, 0.25) is 0 Å². The number of pyridine rings is 1. The molecule has 6 nitrogen and oxygen atoms in total. The molecule has 0 bridgehead atoms. The molecule has 150 valence electrons. The zero-order valence-corrected chi connectivity index (χ0v) is 17.2. The van der Waals surface area contributed by atoms with Crippen molar-refractivity contribution >= 4 is 11.6 Å². The van der Waals surface area contributed by atoms with E-state index in [1.165, 1.54) is 10.9 Å². The van der Waals surface area contributed by atoms with Crippen LogP contribution in [-0.4, -0.2) is 28.0 Å². The number of nitrogens with zero attached hydrogens (tertiary/aromatic N) is 3. The van der Waals surface area contributed by atoms with Gasteiger partial charge >= 0.3 is 0 Å². The molecule has 0 saturated heterocycles. The molecule has 0 aliphatic carbocycles. The fraction of sp³-hybridized carbons (Fsp3) is 0.526. The summed E-state index contributed by atoms with van der Waals surface area (Å²) in [6.07, 6.45) is 3.06. The van der Waals surface area contributed by atoms with Crippen molar-refractivity contribution in [3.8, 4) is 5.75 Å². The number of hydrogen-bond acceptors (Lipinski definition) is 5. The number of hydrogen-bond donors (Lipinski definition) is 0. The molecule has 2 heterocycles. The van der Waals surface area contributed by atoms with Crippen LogP contribution in [0.1, 0.15) is 45.9 Å². The van der Waals surface area contributed by atoms with Gasteiger partial charge in [0.15, 0.2) is 10.8 Å². The standard InChI is InChI=1S/C17H21ClFN3O3.C2H6/c1-17(2,3)22-16(23)15(18)14(9-21-22)25-10-12-4-5-13(20-8-12)11-24-7-6-19;1-2/h4-5,8-9H,6-7,10-11H2,1-3H3;1-2H3. The largest absolute Gasteiger partial charge is 0.485 e. The highest BCUT2D eigenvalue weighted by Crippen LogP contribution is 2.21. The molecule has 0 unspecified atom stereocenters. The van der Waals surface area contributed by atoms with Crippen LogP contribution in [0, 0.1) is 0 Å². The van der Waals surface area contributed by atoms with Crippen molar-refractivity contribution in [3.05, 3.63) is 51.2 Å². The van der Waals surface area contributed by atoms with Crippen LogP contribution in [0.25, 0.3) is 0 Å². The lowest BCUT2D eigenvalue weighted by Gasteiger charge is -2.21. The highest BCUT2D eigenvalue weighted by Gasteiger charge is 2.19. The van der Waals surface area contributed by atoms with Gasteiger partial charge in [-0.25, -0.2) is 9.07 Å². The second-order valence-electron chi connectivity index (χ2n) is 6.40. The van der Waals surface area contributed by atoms with Crippen molar-refractivity contribution in [3.63, 3.8) is 0 Å². The number of aromatic nitrogens is 3. The molecule has 0 saturated carbocycles.